The minimum absolute atomic E-state index is 0.00122. The molecule has 6 nitrogen and oxygen atoms in total. The van der Waals surface area contributed by atoms with Crippen molar-refractivity contribution in [3.63, 3.8) is 0 Å². The Morgan fingerprint density at radius 3 is 2.50 bits per heavy atom. The Kier molecular flexibility index (Phi) is 4.68. The van der Waals surface area contributed by atoms with Gasteiger partial charge in [-0.25, -0.2) is 13.2 Å². The summed E-state index contributed by atoms with van der Waals surface area (Å²) in [5.74, 6) is -0.103. The molecule has 3 heterocycles. The summed E-state index contributed by atoms with van der Waals surface area (Å²) < 4.78 is 32.5. The third-order valence-corrected chi connectivity index (χ3v) is 7.46. The molecule has 1 aromatic carbocycles. The fourth-order valence-electron chi connectivity index (χ4n) is 3.90. The molecular weight excluding hydrogens is 328 g/mol. The van der Waals surface area contributed by atoms with Crippen LogP contribution in [0, 0.1) is 12.8 Å². The molecule has 4 rings (SSSR count). The van der Waals surface area contributed by atoms with Crippen LogP contribution in [0.1, 0.15) is 28.8 Å². The lowest BCUT2D eigenvalue weighted by Gasteiger charge is -2.47. The van der Waals surface area contributed by atoms with Crippen LogP contribution in [0.25, 0.3) is 0 Å². The van der Waals surface area contributed by atoms with E-state index in [2.05, 4.69) is 4.90 Å². The minimum atomic E-state index is -3.66. The van der Waals surface area contributed by atoms with E-state index in [0.29, 0.717) is 17.0 Å². The van der Waals surface area contributed by atoms with Gasteiger partial charge in [0.1, 0.15) is 0 Å². The number of hydrogen-bond acceptors (Lipinski definition) is 5. The number of esters is 1. The van der Waals surface area contributed by atoms with Crippen LogP contribution in [0.5, 0.6) is 0 Å². The number of benzene rings is 1. The first-order valence-corrected chi connectivity index (χ1v) is 9.68. The van der Waals surface area contributed by atoms with Crippen molar-refractivity contribution in [3.8, 4) is 0 Å². The molecule has 3 fully saturated rings. The van der Waals surface area contributed by atoms with E-state index < -0.39 is 16.0 Å². The lowest BCUT2D eigenvalue weighted by molar-refractivity contribution is 0.0465. The summed E-state index contributed by atoms with van der Waals surface area (Å²) in [5.41, 5.74) is 0.735. The van der Waals surface area contributed by atoms with Crippen molar-refractivity contribution in [3.05, 3.63) is 29.3 Å². The number of methoxy groups -OCH3 is 1. The predicted molar refractivity (Wildman–Crippen MR) is 90.4 cm³/mol. The van der Waals surface area contributed by atoms with E-state index >= 15 is 0 Å². The molecule has 1 atom stereocenters. The van der Waals surface area contributed by atoms with E-state index in [9.17, 15) is 13.2 Å². The van der Waals surface area contributed by atoms with Gasteiger partial charge in [0.25, 0.3) is 0 Å². The maximum atomic E-state index is 13.1. The Labute approximate surface area is 143 Å². The van der Waals surface area contributed by atoms with E-state index in [1.54, 1.807) is 32.2 Å². The highest BCUT2D eigenvalue weighted by Gasteiger charge is 2.41. The summed E-state index contributed by atoms with van der Waals surface area (Å²) in [4.78, 5) is 14.4. The number of fused-ring (bicyclic) bond motifs is 3. The van der Waals surface area contributed by atoms with E-state index in [-0.39, 0.29) is 10.9 Å². The zero-order chi connectivity index (χ0) is 17.5. The van der Waals surface area contributed by atoms with Gasteiger partial charge in [-0.1, -0.05) is 6.07 Å². The molecule has 0 N–H and O–H groups in total. The van der Waals surface area contributed by atoms with Crippen LogP contribution in [-0.2, 0) is 14.8 Å². The average Bonchev–Trinajstić information content (AvgIpc) is 2.61. The maximum Gasteiger partial charge on any atom is 0.338 e. The summed E-state index contributed by atoms with van der Waals surface area (Å²) in [5, 5.41) is 0. The van der Waals surface area contributed by atoms with Gasteiger partial charge in [-0.3, -0.25) is 0 Å². The summed E-state index contributed by atoms with van der Waals surface area (Å²) in [6.45, 7) is 4.57. The Morgan fingerprint density at radius 2 is 1.96 bits per heavy atom. The molecule has 0 aromatic heterocycles. The van der Waals surface area contributed by atoms with E-state index in [1.165, 1.54) is 11.4 Å². The van der Waals surface area contributed by atoms with Crippen molar-refractivity contribution < 1.29 is 17.9 Å². The number of rotatable bonds is 4. The van der Waals surface area contributed by atoms with Crippen LogP contribution in [0.15, 0.2) is 23.1 Å². The molecule has 132 valence electrons. The van der Waals surface area contributed by atoms with Gasteiger partial charge in [0.05, 0.1) is 17.6 Å². The second-order valence-electron chi connectivity index (χ2n) is 6.65. The monoisotopic (exact) mass is 352 g/mol. The molecule has 3 aliphatic heterocycles. The normalized spacial score (nSPS) is 26.6. The van der Waals surface area contributed by atoms with Gasteiger partial charge in [0, 0.05) is 19.6 Å². The molecule has 2 bridgehead atoms. The standard InChI is InChI=1S/C17H24N2O4S/c1-12-14(17(20)23-3)5-4-6-16(12)24(21,22)18(2)15-11-19-9-7-13(15)8-10-19/h4-6,13,15H,7-11H2,1-3H3. The zero-order valence-corrected chi connectivity index (χ0v) is 15.2. The van der Waals surface area contributed by atoms with Gasteiger partial charge in [-0.2, -0.15) is 4.31 Å². The number of nitrogens with zero attached hydrogens (tertiary/aromatic N) is 2. The molecule has 0 saturated carbocycles. The number of ether oxygens (including phenoxy) is 1. The molecule has 0 amide bonds. The van der Waals surface area contributed by atoms with Crippen molar-refractivity contribution >= 4 is 16.0 Å². The van der Waals surface area contributed by atoms with E-state index in [4.69, 9.17) is 4.74 Å². The number of sulfonamides is 1. The molecular formula is C17H24N2O4S. The second-order valence-corrected chi connectivity index (χ2v) is 8.61. The molecule has 1 unspecified atom stereocenters. The van der Waals surface area contributed by atoms with Gasteiger partial charge in [-0.05, 0) is 56.5 Å². The SMILES string of the molecule is COC(=O)c1cccc(S(=O)(=O)N(C)C2CN3CCC2CC3)c1C. The molecule has 0 aliphatic carbocycles. The first kappa shape index (κ1) is 17.4. The summed E-state index contributed by atoms with van der Waals surface area (Å²) >= 11 is 0. The van der Waals surface area contributed by atoms with Crippen molar-refractivity contribution in [1.29, 1.82) is 0 Å². The zero-order valence-electron chi connectivity index (χ0n) is 14.4. The third kappa shape index (κ3) is 2.85. The van der Waals surface area contributed by atoms with Gasteiger partial charge in [0.15, 0.2) is 0 Å². The lowest BCUT2D eigenvalue weighted by atomic mass is 9.84. The van der Waals surface area contributed by atoms with Gasteiger partial charge in [0.2, 0.25) is 10.0 Å². The van der Waals surface area contributed by atoms with Crippen LogP contribution in [0.3, 0.4) is 0 Å². The number of hydrogen-bond donors (Lipinski definition) is 0. The molecule has 1 aromatic rings. The molecule has 0 spiro atoms. The average molecular weight is 352 g/mol. The molecule has 3 saturated heterocycles. The van der Waals surface area contributed by atoms with Crippen molar-refractivity contribution in [2.75, 3.05) is 33.8 Å². The molecule has 0 radical (unpaired) electrons. The topological polar surface area (TPSA) is 66.9 Å². The fraction of sp³-hybridized carbons (Fsp3) is 0.588. The van der Waals surface area contributed by atoms with Crippen LogP contribution in [0.2, 0.25) is 0 Å². The highest BCUT2D eigenvalue weighted by atomic mass is 32.2. The summed E-state index contributed by atoms with van der Waals surface area (Å²) in [7, 11) is -0.704. The smallest absolute Gasteiger partial charge is 0.338 e. The Bertz CT molecular complexity index is 739. The van der Waals surface area contributed by atoms with Crippen molar-refractivity contribution in [2.45, 2.75) is 30.7 Å². The van der Waals surface area contributed by atoms with Gasteiger partial charge < -0.3 is 9.64 Å². The van der Waals surface area contributed by atoms with Crippen molar-refractivity contribution in [1.82, 2.24) is 9.21 Å². The maximum absolute atomic E-state index is 13.1. The van der Waals surface area contributed by atoms with E-state index in [0.717, 1.165) is 32.5 Å². The second kappa shape index (κ2) is 6.46. The van der Waals surface area contributed by atoms with Crippen LogP contribution >= 0.6 is 0 Å². The van der Waals surface area contributed by atoms with Crippen LogP contribution in [-0.4, -0.2) is 63.4 Å². The lowest BCUT2D eigenvalue weighted by Crippen LogP contribution is -2.57. The molecule has 24 heavy (non-hydrogen) atoms. The summed E-state index contributed by atoms with van der Waals surface area (Å²) in [6.07, 6.45) is 2.09. The molecule has 3 aliphatic rings. The predicted octanol–water partition coefficient (Wildman–Crippen LogP) is 1.50. The third-order valence-electron chi connectivity index (χ3n) is 5.44. The minimum Gasteiger partial charge on any atom is -0.465 e. The van der Waals surface area contributed by atoms with Crippen LogP contribution in [0.4, 0.5) is 0 Å². The Morgan fingerprint density at radius 1 is 1.29 bits per heavy atom. The Hall–Kier alpha value is -1.44. The Balaban J connectivity index is 1.94. The first-order valence-electron chi connectivity index (χ1n) is 8.24. The van der Waals surface area contributed by atoms with Crippen LogP contribution < -0.4 is 0 Å². The number of carbonyl (C=O) groups is 1. The summed E-state index contributed by atoms with van der Waals surface area (Å²) in [6, 6.07) is 4.75. The first-order chi connectivity index (χ1) is 11.4. The van der Waals surface area contributed by atoms with Crippen molar-refractivity contribution in [2.24, 2.45) is 5.92 Å². The number of likely N-dealkylation sites (N-methyl/N-ethyl adjacent to an activating group) is 1. The number of piperidine rings is 3. The van der Waals surface area contributed by atoms with Gasteiger partial charge >= 0.3 is 5.97 Å². The fourth-order valence-corrected chi connectivity index (χ4v) is 5.56. The van der Waals surface area contributed by atoms with Gasteiger partial charge in [-0.15, -0.1) is 0 Å². The highest BCUT2D eigenvalue weighted by molar-refractivity contribution is 7.89. The quantitative estimate of drug-likeness (QED) is 0.768. The molecule has 7 heteroatoms. The number of carbonyl (C=O) groups excluding carboxylic acids is 1. The highest BCUT2D eigenvalue weighted by Crippen LogP contribution is 2.33. The van der Waals surface area contributed by atoms with E-state index in [1.807, 2.05) is 0 Å². The largest absolute Gasteiger partial charge is 0.465 e.